The molecule has 0 heterocycles. The number of hydrogen-bond acceptors (Lipinski definition) is 2. The first-order valence-electron chi connectivity index (χ1n) is 4.03. The van der Waals surface area contributed by atoms with Crippen molar-refractivity contribution in [3.8, 4) is 0 Å². The van der Waals surface area contributed by atoms with Gasteiger partial charge in [-0.2, -0.15) is 0 Å². The highest BCUT2D eigenvalue weighted by Gasteiger charge is 2.03. The molecule has 0 aromatic heterocycles. The van der Waals surface area contributed by atoms with E-state index in [2.05, 4.69) is 6.92 Å². The molecule has 2 nitrogen and oxygen atoms in total. The molecular formula is C9H18N2. The normalized spacial score (nSPS) is 17.8. The van der Waals surface area contributed by atoms with Crippen molar-refractivity contribution in [3.63, 3.8) is 0 Å². The number of allylic oxidation sites excluding steroid dienone is 2. The first-order valence-corrected chi connectivity index (χ1v) is 4.03. The van der Waals surface area contributed by atoms with Gasteiger partial charge in [-0.25, -0.2) is 0 Å². The molecule has 11 heavy (non-hydrogen) atoms. The van der Waals surface area contributed by atoms with Gasteiger partial charge in [-0.3, -0.25) is 0 Å². The summed E-state index contributed by atoms with van der Waals surface area (Å²) in [5.74, 6) is 0. The van der Waals surface area contributed by atoms with Crippen molar-refractivity contribution < 1.29 is 0 Å². The Morgan fingerprint density at radius 2 is 1.73 bits per heavy atom. The van der Waals surface area contributed by atoms with Crippen molar-refractivity contribution >= 4 is 0 Å². The van der Waals surface area contributed by atoms with Crippen LogP contribution in [-0.2, 0) is 0 Å². The van der Waals surface area contributed by atoms with Gasteiger partial charge in [0.1, 0.15) is 0 Å². The molecule has 2 unspecified atom stereocenters. The molecule has 0 radical (unpaired) electrons. The minimum atomic E-state index is -0.0530. The van der Waals surface area contributed by atoms with E-state index in [1.165, 1.54) is 0 Å². The van der Waals surface area contributed by atoms with Crippen LogP contribution in [0.2, 0.25) is 0 Å². The van der Waals surface area contributed by atoms with Crippen LogP contribution in [0.4, 0.5) is 0 Å². The lowest BCUT2D eigenvalue weighted by Crippen LogP contribution is -2.38. The first-order chi connectivity index (χ1) is 5.22. The van der Waals surface area contributed by atoms with E-state index in [-0.39, 0.29) is 12.1 Å². The van der Waals surface area contributed by atoms with E-state index in [0.717, 1.165) is 6.42 Å². The summed E-state index contributed by atoms with van der Waals surface area (Å²) in [6, 6.07) is -0.103. The predicted molar refractivity (Wildman–Crippen MR) is 50.2 cm³/mol. The quantitative estimate of drug-likeness (QED) is 0.597. The largest absolute Gasteiger partial charge is 0.323 e. The fraction of sp³-hybridized carbons (Fsp3) is 0.556. The van der Waals surface area contributed by atoms with E-state index in [9.17, 15) is 0 Å². The Bertz CT molecular complexity index is 138. The highest BCUT2D eigenvalue weighted by atomic mass is 14.8. The topological polar surface area (TPSA) is 52.0 Å². The van der Waals surface area contributed by atoms with E-state index >= 15 is 0 Å². The first kappa shape index (κ1) is 10.4. The van der Waals surface area contributed by atoms with Gasteiger partial charge in [-0.1, -0.05) is 31.2 Å². The Balaban J connectivity index is 3.81. The molecule has 0 aromatic carbocycles. The van der Waals surface area contributed by atoms with E-state index in [4.69, 9.17) is 11.5 Å². The van der Waals surface area contributed by atoms with Crippen LogP contribution in [0.1, 0.15) is 20.3 Å². The van der Waals surface area contributed by atoms with Crippen LogP contribution in [0.5, 0.6) is 0 Å². The van der Waals surface area contributed by atoms with Crippen molar-refractivity contribution in [1.82, 2.24) is 0 Å². The summed E-state index contributed by atoms with van der Waals surface area (Å²) >= 11 is 0. The van der Waals surface area contributed by atoms with Gasteiger partial charge in [0.25, 0.3) is 0 Å². The smallest absolute Gasteiger partial charge is 0.0414 e. The van der Waals surface area contributed by atoms with Crippen LogP contribution in [0.15, 0.2) is 24.3 Å². The minimum absolute atomic E-state index is 0.0499. The molecule has 0 spiro atoms. The van der Waals surface area contributed by atoms with Gasteiger partial charge in [-0.05, 0) is 13.3 Å². The Kier molecular flexibility index (Phi) is 5.80. The maximum absolute atomic E-state index is 5.73. The van der Waals surface area contributed by atoms with E-state index < -0.39 is 0 Å². The molecule has 0 saturated heterocycles. The monoisotopic (exact) mass is 154 g/mol. The average Bonchev–Trinajstić information content (AvgIpc) is 2.00. The highest BCUT2D eigenvalue weighted by molar-refractivity contribution is 5.04. The van der Waals surface area contributed by atoms with Crippen LogP contribution in [-0.4, -0.2) is 12.1 Å². The summed E-state index contributed by atoms with van der Waals surface area (Å²) in [5, 5.41) is 0. The van der Waals surface area contributed by atoms with Gasteiger partial charge in [0.05, 0.1) is 0 Å². The van der Waals surface area contributed by atoms with Crippen LogP contribution in [0.25, 0.3) is 0 Å². The molecule has 0 fully saturated rings. The Labute approximate surface area is 69.0 Å². The Morgan fingerprint density at radius 3 is 2.18 bits per heavy atom. The average molecular weight is 154 g/mol. The molecule has 0 aliphatic carbocycles. The molecule has 2 heteroatoms. The van der Waals surface area contributed by atoms with Crippen molar-refractivity contribution in [1.29, 1.82) is 0 Å². The fourth-order valence-corrected chi connectivity index (χ4v) is 0.772. The zero-order valence-electron chi connectivity index (χ0n) is 7.33. The zero-order chi connectivity index (χ0) is 8.69. The lowest BCUT2D eigenvalue weighted by molar-refractivity contribution is 0.703. The number of hydrogen-bond donors (Lipinski definition) is 2. The summed E-state index contributed by atoms with van der Waals surface area (Å²) in [4.78, 5) is 0. The second kappa shape index (κ2) is 6.13. The van der Waals surface area contributed by atoms with Crippen LogP contribution in [0, 0.1) is 0 Å². The lowest BCUT2D eigenvalue weighted by Gasteiger charge is -2.11. The second-order valence-corrected chi connectivity index (χ2v) is 2.52. The predicted octanol–water partition coefficient (Wildman–Crippen LogP) is 1.18. The third-order valence-electron chi connectivity index (χ3n) is 1.45. The van der Waals surface area contributed by atoms with Crippen LogP contribution < -0.4 is 11.5 Å². The number of nitrogens with two attached hydrogens (primary N) is 2. The Hall–Kier alpha value is -0.600. The molecule has 0 rings (SSSR count). The molecule has 0 aliphatic heterocycles. The van der Waals surface area contributed by atoms with Crippen LogP contribution >= 0.6 is 0 Å². The van der Waals surface area contributed by atoms with Gasteiger partial charge in [0.15, 0.2) is 0 Å². The van der Waals surface area contributed by atoms with Crippen molar-refractivity contribution in [3.05, 3.63) is 24.3 Å². The standard InChI is InChI=1S/C9H18N2/c1-3-5-7-9(11)8(10)6-4-2/h4-9H,3,10-11H2,1-2H3. The molecule has 0 saturated carbocycles. The summed E-state index contributed by atoms with van der Waals surface area (Å²) in [6.07, 6.45) is 8.82. The summed E-state index contributed by atoms with van der Waals surface area (Å²) in [5.41, 5.74) is 11.4. The minimum Gasteiger partial charge on any atom is -0.323 e. The van der Waals surface area contributed by atoms with E-state index in [1.54, 1.807) is 0 Å². The fourth-order valence-electron chi connectivity index (χ4n) is 0.772. The van der Waals surface area contributed by atoms with Gasteiger partial charge in [-0.15, -0.1) is 0 Å². The molecule has 0 aromatic rings. The molecular weight excluding hydrogens is 136 g/mol. The molecule has 0 amide bonds. The van der Waals surface area contributed by atoms with Gasteiger partial charge >= 0.3 is 0 Å². The molecule has 0 aliphatic rings. The van der Waals surface area contributed by atoms with E-state index in [1.807, 2.05) is 31.2 Å². The van der Waals surface area contributed by atoms with Crippen molar-refractivity contribution in [2.75, 3.05) is 0 Å². The van der Waals surface area contributed by atoms with E-state index in [0.29, 0.717) is 0 Å². The van der Waals surface area contributed by atoms with Crippen LogP contribution in [0.3, 0.4) is 0 Å². The van der Waals surface area contributed by atoms with Crippen molar-refractivity contribution in [2.45, 2.75) is 32.4 Å². The third-order valence-corrected chi connectivity index (χ3v) is 1.45. The SMILES string of the molecule is CC=CC(N)C(N)C=CCC. The van der Waals surface area contributed by atoms with Gasteiger partial charge in [0, 0.05) is 12.1 Å². The van der Waals surface area contributed by atoms with Gasteiger partial charge in [0.2, 0.25) is 0 Å². The molecule has 0 bridgehead atoms. The number of rotatable bonds is 4. The maximum Gasteiger partial charge on any atom is 0.0414 e. The highest BCUT2D eigenvalue weighted by Crippen LogP contribution is 1.92. The van der Waals surface area contributed by atoms with Gasteiger partial charge < -0.3 is 11.5 Å². The second-order valence-electron chi connectivity index (χ2n) is 2.52. The zero-order valence-corrected chi connectivity index (χ0v) is 7.33. The maximum atomic E-state index is 5.73. The van der Waals surface area contributed by atoms with Crippen molar-refractivity contribution in [2.24, 2.45) is 11.5 Å². The summed E-state index contributed by atoms with van der Waals surface area (Å²) < 4.78 is 0. The third kappa shape index (κ3) is 4.76. The lowest BCUT2D eigenvalue weighted by atomic mass is 10.1. The molecule has 2 atom stereocenters. The molecule has 4 N–H and O–H groups in total. The summed E-state index contributed by atoms with van der Waals surface area (Å²) in [7, 11) is 0. The summed E-state index contributed by atoms with van der Waals surface area (Å²) in [6.45, 7) is 4.01. The molecule has 64 valence electrons. The Morgan fingerprint density at radius 1 is 1.18 bits per heavy atom.